The van der Waals surface area contributed by atoms with Crippen molar-refractivity contribution in [2.45, 2.75) is 46.2 Å². The highest BCUT2D eigenvalue weighted by Gasteiger charge is 2.36. The van der Waals surface area contributed by atoms with Crippen molar-refractivity contribution in [3.8, 4) is 0 Å². The smallest absolute Gasteiger partial charge is 0.308 e. The van der Waals surface area contributed by atoms with Crippen LogP contribution in [0, 0.1) is 11.8 Å². The summed E-state index contributed by atoms with van der Waals surface area (Å²) in [7, 11) is 0. The second kappa shape index (κ2) is 6.83. The fourth-order valence-electron chi connectivity index (χ4n) is 2.70. The van der Waals surface area contributed by atoms with Crippen molar-refractivity contribution >= 4 is 17.7 Å². The van der Waals surface area contributed by atoms with E-state index in [1.807, 2.05) is 25.7 Å². The van der Waals surface area contributed by atoms with Gasteiger partial charge in [0.25, 0.3) is 0 Å². The van der Waals surface area contributed by atoms with Gasteiger partial charge < -0.3 is 10.4 Å². The fraction of sp³-hybridized carbons (Fsp3) is 0.786. The Bertz CT molecular complexity index is 395. The Kier molecular flexibility index (Phi) is 5.68. The second-order valence-corrected chi connectivity index (χ2v) is 5.84. The number of likely N-dealkylation sites (tertiary alicyclic amines) is 1. The lowest BCUT2D eigenvalue weighted by Crippen LogP contribution is -2.48. The average Bonchev–Trinajstić information content (AvgIpc) is 2.67. The standard InChI is InChI=1S/C14H24N2O4/c1-8(2)13(10(4)17)15-12(18)7-16-6-5-11(9(16)3)14(19)20/h8-9,11,13H,5-7H2,1-4H3,(H,15,18)(H,19,20). The largest absolute Gasteiger partial charge is 0.481 e. The molecule has 1 amide bonds. The quantitative estimate of drug-likeness (QED) is 0.742. The summed E-state index contributed by atoms with van der Waals surface area (Å²) in [6.45, 7) is 7.78. The minimum absolute atomic E-state index is 0.0409. The Morgan fingerprint density at radius 2 is 1.95 bits per heavy atom. The number of hydrogen-bond acceptors (Lipinski definition) is 4. The third-order valence-corrected chi connectivity index (χ3v) is 3.97. The lowest BCUT2D eigenvalue weighted by molar-refractivity contribution is -0.142. The maximum atomic E-state index is 12.0. The summed E-state index contributed by atoms with van der Waals surface area (Å²) in [5.41, 5.74) is 0. The van der Waals surface area contributed by atoms with Crippen LogP contribution in [-0.4, -0.2) is 52.8 Å². The summed E-state index contributed by atoms with van der Waals surface area (Å²) in [6.07, 6.45) is 0.560. The van der Waals surface area contributed by atoms with Crippen LogP contribution in [0.1, 0.15) is 34.1 Å². The van der Waals surface area contributed by atoms with Gasteiger partial charge in [-0.2, -0.15) is 0 Å². The van der Waals surface area contributed by atoms with Gasteiger partial charge in [0, 0.05) is 6.04 Å². The van der Waals surface area contributed by atoms with E-state index in [0.717, 1.165) is 0 Å². The number of nitrogens with one attached hydrogen (secondary N) is 1. The van der Waals surface area contributed by atoms with E-state index >= 15 is 0 Å². The van der Waals surface area contributed by atoms with Gasteiger partial charge in [0.05, 0.1) is 18.5 Å². The van der Waals surface area contributed by atoms with Crippen molar-refractivity contribution < 1.29 is 19.5 Å². The summed E-state index contributed by atoms with van der Waals surface area (Å²) >= 11 is 0. The van der Waals surface area contributed by atoms with Crippen LogP contribution in [0.3, 0.4) is 0 Å². The van der Waals surface area contributed by atoms with Crippen molar-refractivity contribution in [2.75, 3.05) is 13.1 Å². The zero-order valence-corrected chi connectivity index (χ0v) is 12.5. The van der Waals surface area contributed by atoms with E-state index in [-0.39, 0.29) is 30.2 Å². The van der Waals surface area contributed by atoms with Crippen molar-refractivity contribution in [2.24, 2.45) is 11.8 Å². The van der Waals surface area contributed by atoms with Gasteiger partial charge in [-0.3, -0.25) is 19.3 Å². The molecule has 0 radical (unpaired) electrons. The van der Waals surface area contributed by atoms with Gasteiger partial charge in [0.2, 0.25) is 5.91 Å². The minimum atomic E-state index is -0.816. The molecule has 1 fully saturated rings. The van der Waals surface area contributed by atoms with E-state index < -0.39 is 17.9 Å². The van der Waals surface area contributed by atoms with Crippen molar-refractivity contribution in [3.63, 3.8) is 0 Å². The number of rotatable bonds is 6. The first-order valence-corrected chi connectivity index (χ1v) is 7.00. The van der Waals surface area contributed by atoms with Gasteiger partial charge in [-0.25, -0.2) is 0 Å². The van der Waals surface area contributed by atoms with Crippen molar-refractivity contribution in [3.05, 3.63) is 0 Å². The van der Waals surface area contributed by atoms with Crippen LogP contribution in [0.15, 0.2) is 0 Å². The second-order valence-electron chi connectivity index (χ2n) is 5.84. The number of carbonyl (C=O) groups is 3. The molecule has 1 saturated heterocycles. The number of carbonyl (C=O) groups excluding carboxylic acids is 2. The first kappa shape index (κ1) is 16.6. The van der Waals surface area contributed by atoms with Gasteiger partial charge in [-0.15, -0.1) is 0 Å². The summed E-state index contributed by atoms with van der Waals surface area (Å²) in [6, 6.07) is -0.635. The lowest BCUT2D eigenvalue weighted by Gasteiger charge is -2.25. The number of carboxylic acids is 1. The number of nitrogens with zero attached hydrogens (tertiary/aromatic N) is 1. The van der Waals surface area contributed by atoms with Crippen LogP contribution in [0.25, 0.3) is 0 Å². The van der Waals surface area contributed by atoms with E-state index in [2.05, 4.69) is 5.32 Å². The monoisotopic (exact) mass is 284 g/mol. The number of amides is 1. The highest BCUT2D eigenvalue weighted by molar-refractivity contribution is 5.88. The molecule has 0 saturated carbocycles. The summed E-state index contributed by atoms with van der Waals surface area (Å²) < 4.78 is 0. The molecule has 0 spiro atoms. The van der Waals surface area contributed by atoms with Crippen LogP contribution in [-0.2, 0) is 14.4 Å². The molecule has 6 heteroatoms. The number of Topliss-reactive ketones (excluding diaryl/α,β-unsaturated/α-hetero) is 1. The van der Waals surface area contributed by atoms with Crippen LogP contribution in [0.4, 0.5) is 0 Å². The third-order valence-electron chi connectivity index (χ3n) is 3.97. The number of hydrogen-bond donors (Lipinski definition) is 2. The molecular weight excluding hydrogens is 260 g/mol. The zero-order chi connectivity index (χ0) is 15.4. The van der Waals surface area contributed by atoms with Crippen LogP contribution in [0.5, 0.6) is 0 Å². The van der Waals surface area contributed by atoms with E-state index in [4.69, 9.17) is 5.11 Å². The molecular formula is C14H24N2O4. The molecule has 3 atom stereocenters. The van der Waals surface area contributed by atoms with Gasteiger partial charge in [-0.05, 0) is 32.7 Å². The number of ketones is 1. The van der Waals surface area contributed by atoms with Gasteiger partial charge in [0.1, 0.15) is 0 Å². The molecule has 0 aromatic carbocycles. The van der Waals surface area contributed by atoms with Crippen LogP contribution in [0.2, 0.25) is 0 Å². The molecule has 114 valence electrons. The summed E-state index contributed by atoms with van der Waals surface area (Å²) in [4.78, 5) is 36.3. The maximum Gasteiger partial charge on any atom is 0.308 e. The van der Waals surface area contributed by atoms with E-state index in [1.165, 1.54) is 6.92 Å². The molecule has 1 aliphatic heterocycles. The van der Waals surface area contributed by atoms with Gasteiger partial charge >= 0.3 is 5.97 Å². The SMILES string of the molecule is CC(=O)C(NC(=O)CN1CCC(C(=O)O)C1C)C(C)C. The topological polar surface area (TPSA) is 86.7 Å². The van der Waals surface area contributed by atoms with Crippen molar-refractivity contribution in [1.29, 1.82) is 0 Å². The minimum Gasteiger partial charge on any atom is -0.481 e. The highest BCUT2D eigenvalue weighted by atomic mass is 16.4. The molecule has 1 rings (SSSR count). The predicted octanol–water partition coefficient (Wildman–Crippen LogP) is 0.511. The number of aliphatic carboxylic acids is 1. The Balaban J connectivity index is 2.55. The summed E-state index contributed by atoms with van der Waals surface area (Å²) in [5, 5.41) is 11.8. The molecule has 0 aromatic rings. The maximum absolute atomic E-state index is 12.0. The van der Waals surface area contributed by atoms with E-state index in [9.17, 15) is 14.4 Å². The Hall–Kier alpha value is -1.43. The molecule has 3 unspecified atom stereocenters. The molecule has 0 bridgehead atoms. The van der Waals surface area contributed by atoms with Crippen LogP contribution >= 0.6 is 0 Å². The molecule has 2 N–H and O–H groups in total. The zero-order valence-electron chi connectivity index (χ0n) is 12.5. The average molecular weight is 284 g/mol. The summed E-state index contributed by atoms with van der Waals surface area (Å²) in [5.74, 6) is -1.48. The molecule has 0 aromatic heterocycles. The van der Waals surface area contributed by atoms with E-state index in [1.54, 1.807) is 0 Å². The predicted molar refractivity (Wildman–Crippen MR) is 74.2 cm³/mol. The molecule has 1 aliphatic rings. The molecule has 6 nitrogen and oxygen atoms in total. The normalized spacial score (nSPS) is 24.6. The van der Waals surface area contributed by atoms with Gasteiger partial charge in [-0.1, -0.05) is 13.8 Å². The van der Waals surface area contributed by atoms with Crippen molar-refractivity contribution in [1.82, 2.24) is 10.2 Å². The van der Waals surface area contributed by atoms with Crippen LogP contribution < -0.4 is 5.32 Å². The molecule has 20 heavy (non-hydrogen) atoms. The number of carboxylic acid groups (broad SMARTS) is 1. The Morgan fingerprint density at radius 3 is 2.35 bits per heavy atom. The Labute approximate surface area is 119 Å². The first-order chi connectivity index (χ1) is 9.23. The highest BCUT2D eigenvalue weighted by Crippen LogP contribution is 2.23. The Morgan fingerprint density at radius 1 is 1.35 bits per heavy atom. The van der Waals surface area contributed by atoms with Gasteiger partial charge in [0.15, 0.2) is 5.78 Å². The third kappa shape index (κ3) is 4.03. The van der Waals surface area contributed by atoms with E-state index in [0.29, 0.717) is 13.0 Å². The fourth-order valence-corrected chi connectivity index (χ4v) is 2.70. The molecule has 0 aliphatic carbocycles. The first-order valence-electron chi connectivity index (χ1n) is 7.00. The lowest BCUT2D eigenvalue weighted by atomic mass is 10.0. The molecule has 1 heterocycles.